The van der Waals surface area contributed by atoms with Crippen LogP contribution in [-0.4, -0.2) is 5.78 Å². The van der Waals surface area contributed by atoms with Crippen molar-refractivity contribution in [2.45, 2.75) is 33.1 Å². The SMILES string of the molecule is CCCC/C=C\C(=O)/C(C)=C/c1ccccc1. The molecular weight excluding hydrogens is 208 g/mol. The summed E-state index contributed by atoms with van der Waals surface area (Å²) in [5.74, 6) is 0.102. The Morgan fingerprint density at radius 1 is 1.24 bits per heavy atom. The number of allylic oxidation sites excluding steroid dienone is 3. The molecule has 0 aliphatic rings. The number of carbonyl (C=O) groups excluding carboxylic acids is 1. The molecule has 0 saturated carbocycles. The highest BCUT2D eigenvalue weighted by molar-refractivity contribution is 6.06. The number of hydrogen-bond acceptors (Lipinski definition) is 1. The fourth-order valence-corrected chi connectivity index (χ4v) is 1.51. The predicted octanol–water partition coefficient (Wildman–Crippen LogP) is 4.41. The van der Waals surface area contributed by atoms with Crippen molar-refractivity contribution in [3.05, 3.63) is 53.6 Å². The smallest absolute Gasteiger partial charge is 0.181 e. The first-order chi connectivity index (χ1) is 8.24. The molecule has 0 unspecified atom stereocenters. The van der Waals surface area contributed by atoms with E-state index in [1.54, 1.807) is 6.08 Å². The number of unbranched alkanes of at least 4 members (excludes halogenated alkanes) is 2. The van der Waals surface area contributed by atoms with Gasteiger partial charge in [-0.05, 0) is 36.6 Å². The molecule has 1 aromatic carbocycles. The van der Waals surface area contributed by atoms with Gasteiger partial charge in [0, 0.05) is 0 Å². The van der Waals surface area contributed by atoms with Gasteiger partial charge in [0.1, 0.15) is 0 Å². The lowest BCUT2D eigenvalue weighted by molar-refractivity contribution is -0.111. The summed E-state index contributed by atoms with van der Waals surface area (Å²) >= 11 is 0. The zero-order chi connectivity index (χ0) is 12.5. The fraction of sp³-hybridized carbons (Fsp3) is 0.312. The van der Waals surface area contributed by atoms with E-state index in [1.165, 1.54) is 0 Å². The third-order valence-corrected chi connectivity index (χ3v) is 2.56. The van der Waals surface area contributed by atoms with Gasteiger partial charge in [0.15, 0.2) is 5.78 Å². The molecule has 1 rings (SSSR count). The van der Waals surface area contributed by atoms with Gasteiger partial charge in [-0.3, -0.25) is 4.79 Å². The molecule has 0 heterocycles. The van der Waals surface area contributed by atoms with Gasteiger partial charge < -0.3 is 0 Å². The molecule has 0 aliphatic heterocycles. The van der Waals surface area contributed by atoms with E-state index < -0.39 is 0 Å². The van der Waals surface area contributed by atoms with E-state index in [4.69, 9.17) is 0 Å². The molecule has 1 heteroatoms. The van der Waals surface area contributed by atoms with Crippen LogP contribution in [-0.2, 0) is 4.79 Å². The van der Waals surface area contributed by atoms with Gasteiger partial charge in [-0.15, -0.1) is 0 Å². The molecule has 0 aromatic heterocycles. The van der Waals surface area contributed by atoms with Gasteiger partial charge in [-0.25, -0.2) is 0 Å². The largest absolute Gasteiger partial charge is 0.290 e. The maximum absolute atomic E-state index is 11.8. The highest BCUT2D eigenvalue weighted by atomic mass is 16.1. The summed E-state index contributed by atoms with van der Waals surface area (Å²) < 4.78 is 0. The Kier molecular flexibility index (Phi) is 6.02. The standard InChI is InChI=1S/C16H20O/c1-3-4-5-9-12-16(17)14(2)13-15-10-7-6-8-11-15/h6-13H,3-5H2,1-2H3/b12-9-,14-13+. The van der Waals surface area contributed by atoms with Crippen molar-refractivity contribution in [3.8, 4) is 0 Å². The van der Waals surface area contributed by atoms with Crippen LogP contribution in [0.15, 0.2) is 48.1 Å². The third kappa shape index (κ3) is 5.30. The van der Waals surface area contributed by atoms with Crippen LogP contribution in [0, 0.1) is 0 Å². The van der Waals surface area contributed by atoms with E-state index in [2.05, 4.69) is 6.92 Å². The average molecular weight is 228 g/mol. The second-order valence-corrected chi connectivity index (χ2v) is 4.15. The van der Waals surface area contributed by atoms with Gasteiger partial charge in [0.25, 0.3) is 0 Å². The maximum atomic E-state index is 11.8. The quantitative estimate of drug-likeness (QED) is 0.521. The number of benzene rings is 1. The molecule has 0 aliphatic carbocycles. The summed E-state index contributed by atoms with van der Waals surface area (Å²) in [7, 11) is 0. The van der Waals surface area contributed by atoms with Crippen molar-refractivity contribution >= 4 is 11.9 Å². The lowest BCUT2D eigenvalue weighted by Gasteiger charge is -1.96. The first kappa shape index (κ1) is 13.4. The van der Waals surface area contributed by atoms with Gasteiger partial charge >= 0.3 is 0 Å². The van der Waals surface area contributed by atoms with E-state index in [0.717, 1.165) is 30.4 Å². The molecule has 0 amide bonds. The monoisotopic (exact) mass is 228 g/mol. The second-order valence-electron chi connectivity index (χ2n) is 4.15. The maximum Gasteiger partial charge on any atom is 0.181 e. The summed E-state index contributed by atoms with van der Waals surface area (Å²) in [5, 5.41) is 0. The van der Waals surface area contributed by atoms with Crippen molar-refractivity contribution in [3.63, 3.8) is 0 Å². The molecule has 0 radical (unpaired) electrons. The van der Waals surface area contributed by atoms with Crippen LogP contribution < -0.4 is 0 Å². The summed E-state index contributed by atoms with van der Waals surface area (Å²) in [6.07, 6.45) is 8.87. The van der Waals surface area contributed by atoms with E-state index in [1.807, 2.05) is 49.4 Å². The van der Waals surface area contributed by atoms with Crippen molar-refractivity contribution < 1.29 is 4.79 Å². The molecule has 1 aromatic rings. The van der Waals surface area contributed by atoms with E-state index >= 15 is 0 Å². The molecule has 0 saturated heterocycles. The van der Waals surface area contributed by atoms with E-state index in [9.17, 15) is 4.79 Å². The summed E-state index contributed by atoms with van der Waals surface area (Å²) in [6, 6.07) is 9.91. The molecule has 17 heavy (non-hydrogen) atoms. The summed E-state index contributed by atoms with van der Waals surface area (Å²) in [5.41, 5.74) is 1.85. The average Bonchev–Trinajstić information content (AvgIpc) is 2.35. The molecule has 0 bridgehead atoms. The molecule has 1 nitrogen and oxygen atoms in total. The Labute approximate surface area is 104 Å². The van der Waals surface area contributed by atoms with Gasteiger partial charge in [-0.1, -0.05) is 56.2 Å². The number of rotatable bonds is 6. The lowest BCUT2D eigenvalue weighted by Crippen LogP contribution is -1.93. The van der Waals surface area contributed by atoms with Gasteiger partial charge in [-0.2, -0.15) is 0 Å². The molecule has 90 valence electrons. The van der Waals surface area contributed by atoms with E-state index in [0.29, 0.717) is 0 Å². The number of ketones is 1. The third-order valence-electron chi connectivity index (χ3n) is 2.56. The van der Waals surface area contributed by atoms with E-state index in [-0.39, 0.29) is 5.78 Å². The van der Waals surface area contributed by atoms with Gasteiger partial charge in [0.05, 0.1) is 0 Å². The first-order valence-electron chi connectivity index (χ1n) is 6.18. The van der Waals surface area contributed by atoms with Crippen molar-refractivity contribution in [1.29, 1.82) is 0 Å². The van der Waals surface area contributed by atoms with Gasteiger partial charge in [0.2, 0.25) is 0 Å². The lowest BCUT2D eigenvalue weighted by atomic mass is 10.1. The van der Waals surface area contributed by atoms with Crippen LogP contribution in [0.1, 0.15) is 38.7 Å². The molecule has 0 fully saturated rings. The normalized spacial score (nSPS) is 12.0. The molecular formula is C16H20O. The highest BCUT2D eigenvalue weighted by Gasteiger charge is 1.99. The number of hydrogen-bond donors (Lipinski definition) is 0. The Bertz CT molecular complexity index is 399. The van der Waals surface area contributed by atoms with Crippen LogP contribution in [0.25, 0.3) is 6.08 Å². The predicted molar refractivity (Wildman–Crippen MR) is 73.8 cm³/mol. The van der Waals surface area contributed by atoms with Crippen LogP contribution in [0.4, 0.5) is 0 Å². The minimum Gasteiger partial charge on any atom is -0.290 e. The van der Waals surface area contributed by atoms with Crippen LogP contribution in [0.3, 0.4) is 0 Å². The van der Waals surface area contributed by atoms with Crippen molar-refractivity contribution in [1.82, 2.24) is 0 Å². The minimum absolute atomic E-state index is 0.102. The molecule has 0 spiro atoms. The Morgan fingerprint density at radius 3 is 2.59 bits per heavy atom. The van der Waals surface area contributed by atoms with Crippen LogP contribution in [0.2, 0.25) is 0 Å². The topological polar surface area (TPSA) is 17.1 Å². The minimum atomic E-state index is 0.102. The summed E-state index contributed by atoms with van der Waals surface area (Å²) in [6.45, 7) is 4.01. The Hall–Kier alpha value is -1.63. The first-order valence-corrected chi connectivity index (χ1v) is 6.18. The molecule has 0 N–H and O–H groups in total. The van der Waals surface area contributed by atoms with Crippen molar-refractivity contribution in [2.24, 2.45) is 0 Å². The zero-order valence-corrected chi connectivity index (χ0v) is 10.6. The Balaban J connectivity index is 2.58. The zero-order valence-electron chi connectivity index (χ0n) is 10.6. The second kappa shape index (κ2) is 7.61. The number of carbonyl (C=O) groups is 1. The highest BCUT2D eigenvalue weighted by Crippen LogP contribution is 2.07. The fourth-order valence-electron chi connectivity index (χ4n) is 1.51. The Morgan fingerprint density at radius 2 is 1.94 bits per heavy atom. The van der Waals surface area contributed by atoms with Crippen LogP contribution >= 0.6 is 0 Å². The van der Waals surface area contributed by atoms with Crippen LogP contribution in [0.5, 0.6) is 0 Å². The molecule has 0 atom stereocenters. The summed E-state index contributed by atoms with van der Waals surface area (Å²) in [4.78, 5) is 11.8. The van der Waals surface area contributed by atoms with Crippen molar-refractivity contribution in [2.75, 3.05) is 0 Å².